The highest BCUT2D eigenvalue weighted by Crippen LogP contribution is 2.18. The van der Waals surface area contributed by atoms with Gasteiger partial charge in [0.25, 0.3) is 0 Å². The Morgan fingerprint density at radius 2 is 2.36 bits per heavy atom. The molecule has 2 saturated heterocycles. The van der Waals surface area contributed by atoms with Crippen molar-refractivity contribution in [1.29, 1.82) is 0 Å². The number of amides is 1. The lowest BCUT2D eigenvalue weighted by Gasteiger charge is -2.20. The average Bonchev–Trinajstić information content (AvgIpc) is 2.73. The van der Waals surface area contributed by atoms with Crippen molar-refractivity contribution in [1.82, 2.24) is 10.2 Å². The highest BCUT2D eigenvalue weighted by Gasteiger charge is 2.33. The standard InChI is InChI=1S/C10H18N2O2/c1-7-2-3-12(6-7)10(14)9-4-8(13)5-11-9/h7-9,11,13H,2-6H2,1H3/t7?,8-,9-/m1/s1. The average molecular weight is 198 g/mol. The molecule has 0 saturated carbocycles. The second-order valence-electron chi connectivity index (χ2n) is 4.53. The Kier molecular flexibility index (Phi) is 2.74. The topological polar surface area (TPSA) is 52.6 Å². The molecule has 0 bridgehead atoms. The predicted molar refractivity (Wildman–Crippen MR) is 52.8 cm³/mol. The maximum absolute atomic E-state index is 11.9. The van der Waals surface area contributed by atoms with Gasteiger partial charge in [0.15, 0.2) is 0 Å². The molecule has 2 fully saturated rings. The molecular weight excluding hydrogens is 180 g/mol. The molecule has 0 aliphatic carbocycles. The van der Waals surface area contributed by atoms with Gasteiger partial charge in [0.2, 0.25) is 5.91 Å². The first kappa shape index (κ1) is 9.93. The van der Waals surface area contributed by atoms with E-state index in [-0.39, 0.29) is 18.1 Å². The summed E-state index contributed by atoms with van der Waals surface area (Å²) in [6.07, 6.45) is 1.34. The molecule has 0 aromatic heterocycles. The first-order valence-corrected chi connectivity index (χ1v) is 5.37. The Bertz CT molecular complexity index is 210. The third-order valence-corrected chi connectivity index (χ3v) is 3.14. The van der Waals surface area contributed by atoms with Crippen LogP contribution in [-0.2, 0) is 4.79 Å². The van der Waals surface area contributed by atoms with Crippen molar-refractivity contribution < 1.29 is 9.90 Å². The minimum atomic E-state index is -0.344. The first-order valence-electron chi connectivity index (χ1n) is 5.37. The smallest absolute Gasteiger partial charge is 0.239 e. The van der Waals surface area contributed by atoms with Gasteiger partial charge in [0.05, 0.1) is 12.1 Å². The Hall–Kier alpha value is -0.610. The summed E-state index contributed by atoms with van der Waals surface area (Å²) in [5.74, 6) is 0.802. The first-order chi connectivity index (χ1) is 6.66. The maximum Gasteiger partial charge on any atom is 0.239 e. The summed E-state index contributed by atoms with van der Waals surface area (Å²) < 4.78 is 0. The molecule has 2 aliphatic heterocycles. The lowest BCUT2D eigenvalue weighted by atomic mass is 10.1. The minimum Gasteiger partial charge on any atom is -0.392 e. The van der Waals surface area contributed by atoms with E-state index in [2.05, 4.69) is 12.2 Å². The van der Waals surface area contributed by atoms with Gasteiger partial charge in [-0.1, -0.05) is 6.92 Å². The maximum atomic E-state index is 11.9. The quantitative estimate of drug-likeness (QED) is 0.601. The van der Waals surface area contributed by atoms with Crippen LogP contribution in [0.1, 0.15) is 19.8 Å². The molecule has 3 atom stereocenters. The van der Waals surface area contributed by atoms with E-state index in [1.165, 1.54) is 0 Å². The largest absolute Gasteiger partial charge is 0.392 e. The molecule has 0 radical (unpaired) electrons. The van der Waals surface area contributed by atoms with E-state index < -0.39 is 0 Å². The highest BCUT2D eigenvalue weighted by molar-refractivity contribution is 5.82. The molecule has 0 aromatic rings. The van der Waals surface area contributed by atoms with E-state index >= 15 is 0 Å². The zero-order valence-corrected chi connectivity index (χ0v) is 8.57. The fourth-order valence-corrected chi connectivity index (χ4v) is 2.26. The SMILES string of the molecule is CC1CCN(C(=O)[C@H]2C[C@@H](O)CN2)C1. The van der Waals surface area contributed by atoms with Crippen LogP contribution < -0.4 is 5.32 Å². The Labute approximate surface area is 84.3 Å². The van der Waals surface area contributed by atoms with Gasteiger partial charge in [-0.2, -0.15) is 0 Å². The third kappa shape index (κ3) is 1.91. The van der Waals surface area contributed by atoms with Crippen LogP contribution in [0.4, 0.5) is 0 Å². The van der Waals surface area contributed by atoms with Crippen LogP contribution in [0, 0.1) is 5.92 Å². The van der Waals surface area contributed by atoms with Gasteiger partial charge in [-0.15, -0.1) is 0 Å². The van der Waals surface area contributed by atoms with E-state index in [4.69, 9.17) is 0 Å². The van der Waals surface area contributed by atoms with Crippen LogP contribution in [0.2, 0.25) is 0 Å². The van der Waals surface area contributed by atoms with Gasteiger partial charge in [-0.3, -0.25) is 4.79 Å². The van der Waals surface area contributed by atoms with E-state index in [0.717, 1.165) is 19.5 Å². The molecule has 2 rings (SSSR count). The molecule has 14 heavy (non-hydrogen) atoms. The summed E-state index contributed by atoms with van der Waals surface area (Å²) in [7, 11) is 0. The number of hydrogen-bond acceptors (Lipinski definition) is 3. The molecule has 80 valence electrons. The van der Waals surface area contributed by atoms with Crippen LogP contribution in [0.25, 0.3) is 0 Å². The number of nitrogens with zero attached hydrogens (tertiary/aromatic N) is 1. The molecule has 1 unspecified atom stereocenters. The molecule has 1 amide bonds. The molecule has 0 aromatic carbocycles. The summed E-state index contributed by atoms with van der Waals surface area (Å²) >= 11 is 0. The van der Waals surface area contributed by atoms with Crippen molar-refractivity contribution in [3.63, 3.8) is 0 Å². The molecule has 2 N–H and O–H groups in total. The van der Waals surface area contributed by atoms with Crippen LogP contribution >= 0.6 is 0 Å². The summed E-state index contributed by atoms with van der Waals surface area (Å²) in [4.78, 5) is 13.8. The Morgan fingerprint density at radius 3 is 2.86 bits per heavy atom. The Balaban J connectivity index is 1.89. The lowest BCUT2D eigenvalue weighted by molar-refractivity contribution is -0.132. The fraction of sp³-hybridized carbons (Fsp3) is 0.900. The van der Waals surface area contributed by atoms with Crippen LogP contribution in [0.15, 0.2) is 0 Å². The zero-order chi connectivity index (χ0) is 10.1. The summed E-state index contributed by atoms with van der Waals surface area (Å²) in [5.41, 5.74) is 0. The number of hydrogen-bond donors (Lipinski definition) is 2. The van der Waals surface area contributed by atoms with Crippen molar-refractivity contribution in [3.8, 4) is 0 Å². The van der Waals surface area contributed by atoms with Crippen molar-refractivity contribution in [2.45, 2.75) is 31.9 Å². The summed E-state index contributed by atoms with van der Waals surface area (Å²) in [6, 6.07) is -0.143. The number of nitrogens with one attached hydrogen (secondary N) is 1. The van der Waals surface area contributed by atoms with Crippen molar-refractivity contribution in [3.05, 3.63) is 0 Å². The lowest BCUT2D eigenvalue weighted by Crippen LogP contribution is -2.42. The Morgan fingerprint density at radius 1 is 1.57 bits per heavy atom. The monoisotopic (exact) mass is 198 g/mol. The number of rotatable bonds is 1. The molecule has 2 aliphatic rings. The van der Waals surface area contributed by atoms with Gasteiger partial charge in [-0.25, -0.2) is 0 Å². The molecule has 2 heterocycles. The van der Waals surface area contributed by atoms with Crippen molar-refractivity contribution >= 4 is 5.91 Å². The van der Waals surface area contributed by atoms with Gasteiger partial charge in [0.1, 0.15) is 0 Å². The highest BCUT2D eigenvalue weighted by atomic mass is 16.3. The third-order valence-electron chi connectivity index (χ3n) is 3.14. The van der Waals surface area contributed by atoms with Gasteiger partial charge in [0, 0.05) is 19.6 Å². The zero-order valence-electron chi connectivity index (χ0n) is 8.57. The molecule has 4 nitrogen and oxygen atoms in total. The predicted octanol–water partition coefficient (Wildman–Crippen LogP) is -0.422. The van der Waals surface area contributed by atoms with Crippen LogP contribution in [0.3, 0.4) is 0 Å². The number of aliphatic hydroxyl groups is 1. The van der Waals surface area contributed by atoms with Gasteiger partial charge < -0.3 is 15.3 Å². The minimum absolute atomic E-state index is 0.143. The number of carbonyl (C=O) groups is 1. The number of carbonyl (C=O) groups excluding carboxylic acids is 1. The van der Waals surface area contributed by atoms with Crippen molar-refractivity contribution in [2.75, 3.05) is 19.6 Å². The van der Waals surface area contributed by atoms with Crippen molar-refractivity contribution in [2.24, 2.45) is 5.92 Å². The van der Waals surface area contributed by atoms with E-state index in [9.17, 15) is 9.90 Å². The number of aliphatic hydroxyl groups excluding tert-OH is 1. The van der Waals surface area contributed by atoms with E-state index in [1.807, 2.05) is 4.90 Å². The van der Waals surface area contributed by atoms with Crippen LogP contribution in [0.5, 0.6) is 0 Å². The van der Waals surface area contributed by atoms with Gasteiger partial charge >= 0.3 is 0 Å². The summed E-state index contributed by atoms with van der Waals surface area (Å²) in [5, 5.41) is 12.4. The fourth-order valence-electron chi connectivity index (χ4n) is 2.26. The normalized spacial score (nSPS) is 37.9. The number of likely N-dealkylation sites (tertiary alicyclic amines) is 1. The van der Waals surface area contributed by atoms with E-state index in [0.29, 0.717) is 18.9 Å². The van der Waals surface area contributed by atoms with Gasteiger partial charge in [-0.05, 0) is 18.8 Å². The van der Waals surface area contributed by atoms with Crippen LogP contribution in [-0.4, -0.2) is 47.7 Å². The number of β-amino-alcohol motifs (C(OH)–C–C–N with tert-alkyl or cyclic N) is 1. The molecular formula is C10H18N2O2. The second kappa shape index (κ2) is 3.87. The molecule has 0 spiro atoms. The van der Waals surface area contributed by atoms with E-state index in [1.54, 1.807) is 0 Å². The molecule has 4 heteroatoms. The summed E-state index contributed by atoms with van der Waals surface area (Å²) in [6.45, 7) is 4.49. The second-order valence-corrected chi connectivity index (χ2v) is 4.53.